The van der Waals surface area contributed by atoms with E-state index in [1.807, 2.05) is 31.3 Å². The molecule has 2 heterocycles. The number of hydrogen-bond acceptors (Lipinski definition) is 4. The normalized spacial score (nSPS) is 11.6. The summed E-state index contributed by atoms with van der Waals surface area (Å²) in [4.78, 5) is 23.6. The lowest BCUT2D eigenvalue weighted by molar-refractivity contribution is -0.146. The Hall–Kier alpha value is -3.16. The molecular weight excluding hydrogens is 322 g/mol. The van der Waals surface area contributed by atoms with Gasteiger partial charge in [-0.05, 0) is 19.9 Å². The molecule has 0 saturated carbocycles. The van der Waals surface area contributed by atoms with Crippen molar-refractivity contribution < 1.29 is 14.7 Å². The van der Waals surface area contributed by atoms with Crippen LogP contribution in [0.2, 0.25) is 0 Å². The van der Waals surface area contributed by atoms with Crippen LogP contribution in [-0.4, -0.2) is 36.5 Å². The third-order valence-electron chi connectivity index (χ3n) is 4.12. The van der Waals surface area contributed by atoms with Crippen molar-refractivity contribution in [3.63, 3.8) is 0 Å². The zero-order valence-electron chi connectivity index (χ0n) is 14.2. The molecule has 2 aromatic heterocycles. The fourth-order valence-corrected chi connectivity index (χ4v) is 2.57. The number of carbonyl (C=O) groups is 2. The molecule has 2 N–H and O–H groups in total. The van der Waals surface area contributed by atoms with E-state index < -0.39 is 11.5 Å². The van der Waals surface area contributed by atoms with E-state index in [0.29, 0.717) is 11.4 Å². The molecule has 130 valence electrons. The smallest absolute Gasteiger partial charge is 0.331 e. The van der Waals surface area contributed by atoms with Crippen LogP contribution < -0.4 is 5.32 Å². The van der Waals surface area contributed by atoms with Crippen LogP contribution in [0.4, 0.5) is 5.69 Å². The maximum Gasteiger partial charge on any atom is 0.331 e. The Kier molecular flexibility index (Phi) is 4.03. The van der Waals surface area contributed by atoms with Crippen LogP contribution in [0, 0.1) is 0 Å². The van der Waals surface area contributed by atoms with E-state index in [0.717, 1.165) is 10.9 Å². The summed E-state index contributed by atoms with van der Waals surface area (Å²) in [5.41, 5.74) is 0.898. The van der Waals surface area contributed by atoms with Crippen LogP contribution in [0.3, 0.4) is 0 Å². The number of benzene rings is 1. The fourth-order valence-electron chi connectivity index (χ4n) is 2.57. The highest BCUT2D eigenvalue weighted by Crippen LogP contribution is 2.20. The van der Waals surface area contributed by atoms with Crippen LogP contribution in [0.5, 0.6) is 0 Å². The molecule has 3 rings (SSSR count). The van der Waals surface area contributed by atoms with Gasteiger partial charge in [0, 0.05) is 18.6 Å². The highest BCUT2D eigenvalue weighted by Gasteiger charge is 2.30. The van der Waals surface area contributed by atoms with E-state index >= 15 is 0 Å². The van der Waals surface area contributed by atoms with Gasteiger partial charge in [0.1, 0.15) is 0 Å². The molecule has 0 aliphatic heterocycles. The van der Waals surface area contributed by atoms with Crippen molar-refractivity contribution in [1.29, 1.82) is 0 Å². The van der Waals surface area contributed by atoms with Gasteiger partial charge in [0.25, 0.3) is 0 Å². The van der Waals surface area contributed by atoms with Gasteiger partial charge in [-0.15, -0.1) is 0 Å². The largest absolute Gasteiger partial charge is 0.479 e. The Balaban J connectivity index is 1.75. The summed E-state index contributed by atoms with van der Waals surface area (Å²) < 4.78 is 3.05. The number of hydrogen-bond donors (Lipinski definition) is 2. The zero-order valence-corrected chi connectivity index (χ0v) is 14.2. The summed E-state index contributed by atoms with van der Waals surface area (Å²) in [5, 5.41) is 21.3. The number of fused-ring (bicyclic) bond motifs is 1. The Labute approximate surface area is 144 Å². The fraction of sp³-hybridized carbons (Fsp3) is 0.294. The molecule has 1 aromatic carbocycles. The minimum Gasteiger partial charge on any atom is -0.479 e. The summed E-state index contributed by atoms with van der Waals surface area (Å²) in [5.74, 6) is -1.25. The Morgan fingerprint density at radius 3 is 2.72 bits per heavy atom. The number of carbonyl (C=O) groups excluding carboxylic acids is 1. The van der Waals surface area contributed by atoms with Crippen molar-refractivity contribution in [2.24, 2.45) is 7.05 Å². The number of para-hydroxylation sites is 1. The van der Waals surface area contributed by atoms with Crippen molar-refractivity contribution in [1.82, 2.24) is 19.6 Å². The number of amides is 1. The predicted molar refractivity (Wildman–Crippen MR) is 92.2 cm³/mol. The highest BCUT2D eigenvalue weighted by molar-refractivity contribution is 5.95. The maximum atomic E-state index is 12.3. The maximum absolute atomic E-state index is 12.3. The second-order valence-corrected chi connectivity index (χ2v) is 6.35. The van der Waals surface area contributed by atoms with Crippen molar-refractivity contribution in [3.05, 3.63) is 42.4 Å². The van der Waals surface area contributed by atoms with Crippen LogP contribution in [0.1, 0.15) is 19.5 Å². The van der Waals surface area contributed by atoms with E-state index in [2.05, 4.69) is 15.5 Å². The third-order valence-corrected chi connectivity index (χ3v) is 4.12. The first-order valence-corrected chi connectivity index (χ1v) is 7.78. The number of rotatable bonds is 5. The molecule has 8 heteroatoms. The molecule has 0 aliphatic rings. The number of aromatic nitrogens is 4. The van der Waals surface area contributed by atoms with Gasteiger partial charge in [-0.3, -0.25) is 14.2 Å². The number of aliphatic carboxylic acids is 1. The Morgan fingerprint density at radius 1 is 1.28 bits per heavy atom. The first-order chi connectivity index (χ1) is 11.8. The van der Waals surface area contributed by atoms with Gasteiger partial charge in [-0.25, -0.2) is 4.79 Å². The molecule has 0 radical (unpaired) electrons. The number of nitrogens with one attached hydrogen (secondary N) is 1. The topological polar surface area (TPSA) is 102 Å². The van der Waals surface area contributed by atoms with Crippen LogP contribution in [0.25, 0.3) is 10.9 Å². The number of anilines is 1. The molecule has 0 spiro atoms. The predicted octanol–water partition coefficient (Wildman–Crippen LogP) is 1.77. The lowest BCUT2D eigenvalue weighted by Crippen LogP contribution is -2.35. The minimum absolute atomic E-state index is 0.120. The number of aryl methyl sites for hydroxylation is 1. The zero-order chi connectivity index (χ0) is 18.2. The van der Waals surface area contributed by atoms with Gasteiger partial charge in [0.05, 0.1) is 29.5 Å². The van der Waals surface area contributed by atoms with Crippen molar-refractivity contribution in [2.75, 3.05) is 5.32 Å². The van der Waals surface area contributed by atoms with Crippen LogP contribution in [-0.2, 0) is 28.6 Å². The van der Waals surface area contributed by atoms with Gasteiger partial charge in [0.2, 0.25) is 5.91 Å². The standard InChI is InChI=1S/C17H19N5O3/c1-17(2,16(24)25)22-10-11(9-18-22)19-15(23)8-13-12-6-4-5-7-14(12)21(3)20-13/h4-7,9-10H,8H2,1-3H3,(H,19,23)(H,24,25). The summed E-state index contributed by atoms with van der Waals surface area (Å²) in [6.07, 6.45) is 3.05. The van der Waals surface area contributed by atoms with Crippen LogP contribution >= 0.6 is 0 Å². The average molecular weight is 341 g/mol. The summed E-state index contributed by atoms with van der Waals surface area (Å²) >= 11 is 0. The Morgan fingerprint density at radius 2 is 2.00 bits per heavy atom. The second-order valence-electron chi connectivity index (χ2n) is 6.35. The molecule has 1 amide bonds. The molecule has 25 heavy (non-hydrogen) atoms. The first-order valence-electron chi connectivity index (χ1n) is 7.78. The number of carboxylic acid groups (broad SMARTS) is 1. The lowest BCUT2D eigenvalue weighted by atomic mass is 10.1. The van der Waals surface area contributed by atoms with Crippen molar-refractivity contribution in [2.45, 2.75) is 25.8 Å². The molecular formula is C17H19N5O3. The monoisotopic (exact) mass is 341 g/mol. The van der Waals surface area contributed by atoms with Gasteiger partial charge in [0.15, 0.2) is 5.54 Å². The molecule has 0 bridgehead atoms. The van der Waals surface area contributed by atoms with Gasteiger partial charge in [-0.1, -0.05) is 18.2 Å². The first kappa shape index (κ1) is 16.7. The van der Waals surface area contributed by atoms with Gasteiger partial charge >= 0.3 is 5.97 Å². The molecule has 0 saturated heterocycles. The van der Waals surface area contributed by atoms with E-state index in [-0.39, 0.29) is 12.3 Å². The average Bonchev–Trinajstić information content (AvgIpc) is 3.14. The van der Waals surface area contributed by atoms with Crippen molar-refractivity contribution in [3.8, 4) is 0 Å². The summed E-state index contributed by atoms with van der Waals surface area (Å²) in [6, 6.07) is 7.70. The second kappa shape index (κ2) is 6.04. The molecule has 0 fully saturated rings. The van der Waals surface area contributed by atoms with Crippen LogP contribution in [0.15, 0.2) is 36.7 Å². The quantitative estimate of drug-likeness (QED) is 0.736. The van der Waals surface area contributed by atoms with Gasteiger partial charge in [-0.2, -0.15) is 10.2 Å². The van der Waals surface area contributed by atoms with Gasteiger partial charge < -0.3 is 10.4 Å². The third kappa shape index (κ3) is 3.10. The van der Waals surface area contributed by atoms with E-state index in [1.54, 1.807) is 4.68 Å². The number of carboxylic acids is 1. The summed E-state index contributed by atoms with van der Waals surface area (Å²) in [7, 11) is 1.84. The minimum atomic E-state index is -1.19. The van der Waals surface area contributed by atoms with Crippen molar-refractivity contribution >= 4 is 28.5 Å². The molecule has 0 aliphatic carbocycles. The number of nitrogens with zero attached hydrogens (tertiary/aromatic N) is 4. The molecule has 8 nitrogen and oxygen atoms in total. The Bertz CT molecular complexity index is 954. The van der Waals surface area contributed by atoms with E-state index in [4.69, 9.17) is 0 Å². The molecule has 3 aromatic rings. The molecule has 0 atom stereocenters. The lowest BCUT2D eigenvalue weighted by Gasteiger charge is -2.19. The SMILES string of the molecule is Cn1nc(CC(=O)Nc2cnn(C(C)(C)C(=O)O)c2)c2ccccc21. The highest BCUT2D eigenvalue weighted by atomic mass is 16.4. The van der Waals surface area contributed by atoms with E-state index in [1.165, 1.54) is 30.9 Å². The summed E-state index contributed by atoms with van der Waals surface area (Å²) in [6.45, 7) is 3.07. The molecule has 0 unspecified atom stereocenters. The van der Waals surface area contributed by atoms with E-state index in [9.17, 15) is 14.7 Å².